The fraction of sp³-hybridized carbons (Fsp3) is 0.458. The van der Waals surface area contributed by atoms with Crippen molar-refractivity contribution in [2.45, 2.75) is 37.6 Å². The molecule has 6 atom stereocenters. The van der Waals surface area contributed by atoms with Crippen LogP contribution in [0.4, 0.5) is 0 Å². The molecule has 3 unspecified atom stereocenters. The maximum atomic E-state index is 12.8. The van der Waals surface area contributed by atoms with E-state index in [1.54, 1.807) is 0 Å². The van der Waals surface area contributed by atoms with E-state index in [9.17, 15) is 44.4 Å². The topological polar surface area (TPSA) is 218 Å². The van der Waals surface area contributed by atoms with Crippen molar-refractivity contribution in [2.75, 3.05) is 19.8 Å². The first kappa shape index (κ1) is 28.4. The minimum Gasteiger partial charge on any atom is -0.510 e. The molecule has 0 aromatic heterocycles. The lowest BCUT2D eigenvalue weighted by Crippen LogP contribution is -2.52. The van der Waals surface area contributed by atoms with Gasteiger partial charge in [-0.15, -0.1) is 0 Å². The van der Waals surface area contributed by atoms with Crippen molar-refractivity contribution in [1.82, 2.24) is 10.6 Å². The Labute approximate surface area is 216 Å². The van der Waals surface area contributed by atoms with Gasteiger partial charge in [0.05, 0.1) is 17.4 Å². The number of carbonyl (C=O) groups is 5. The Bertz CT molecular complexity index is 1110. The van der Waals surface area contributed by atoms with Crippen LogP contribution in [-0.2, 0) is 38.2 Å². The number of esters is 3. The Morgan fingerprint density at radius 2 is 1.53 bits per heavy atom. The van der Waals surface area contributed by atoms with Crippen molar-refractivity contribution < 1.29 is 58.6 Å². The summed E-state index contributed by atoms with van der Waals surface area (Å²) in [5.74, 6) is -8.23. The van der Waals surface area contributed by atoms with E-state index in [-0.39, 0.29) is 12.0 Å². The largest absolute Gasteiger partial charge is 0.510 e. The second-order valence-corrected chi connectivity index (χ2v) is 8.78. The number of aliphatic hydroxyl groups is 4. The number of rotatable bonds is 4. The lowest BCUT2D eigenvalue weighted by atomic mass is 9.95. The van der Waals surface area contributed by atoms with Crippen LogP contribution in [0, 0.1) is 11.8 Å². The normalized spacial score (nSPS) is 30.6. The third-order valence-corrected chi connectivity index (χ3v) is 5.86. The summed E-state index contributed by atoms with van der Waals surface area (Å²) in [4.78, 5) is 63.1. The Balaban J connectivity index is 1.76. The second-order valence-electron chi connectivity index (χ2n) is 8.78. The highest BCUT2D eigenvalue weighted by Gasteiger charge is 2.35. The molecule has 1 fully saturated rings. The van der Waals surface area contributed by atoms with Crippen LogP contribution < -0.4 is 10.6 Å². The molecular formula is C24H28N2O12. The van der Waals surface area contributed by atoms with Crippen molar-refractivity contribution in [3.05, 3.63) is 47.5 Å². The van der Waals surface area contributed by atoms with Gasteiger partial charge in [-0.3, -0.25) is 14.4 Å². The summed E-state index contributed by atoms with van der Waals surface area (Å²) < 4.78 is 15.2. The monoisotopic (exact) mass is 536 g/mol. The predicted molar refractivity (Wildman–Crippen MR) is 125 cm³/mol. The van der Waals surface area contributed by atoms with Crippen molar-refractivity contribution in [3.8, 4) is 0 Å². The Hall–Kier alpha value is -4.17. The van der Waals surface area contributed by atoms with Crippen LogP contribution >= 0.6 is 0 Å². The molecule has 1 saturated heterocycles. The van der Waals surface area contributed by atoms with Crippen LogP contribution in [-0.4, -0.2) is 94.3 Å². The van der Waals surface area contributed by atoms with Crippen molar-refractivity contribution >= 4 is 29.7 Å². The van der Waals surface area contributed by atoms with Gasteiger partial charge in [-0.2, -0.15) is 0 Å². The number of amides is 2. The summed E-state index contributed by atoms with van der Waals surface area (Å²) in [6.45, 7) is -0.465. The van der Waals surface area contributed by atoms with E-state index >= 15 is 0 Å². The number of aliphatic hydroxyl groups excluding tert-OH is 4. The summed E-state index contributed by atoms with van der Waals surface area (Å²) in [6.07, 6.45) is 3.69. The summed E-state index contributed by atoms with van der Waals surface area (Å²) >= 11 is 0. The molecule has 0 radical (unpaired) electrons. The zero-order valence-electron chi connectivity index (χ0n) is 20.2. The van der Waals surface area contributed by atoms with E-state index in [4.69, 9.17) is 14.2 Å². The molecule has 1 heterocycles. The first-order valence-corrected chi connectivity index (χ1v) is 11.6. The lowest BCUT2D eigenvalue weighted by Gasteiger charge is -2.26. The maximum Gasteiger partial charge on any atom is 0.332 e. The predicted octanol–water partition coefficient (Wildman–Crippen LogP) is -1.64. The number of hydrogen-bond donors (Lipinski definition) is 6. The van der Waals surface area contributed by atoms with Crippen LogP contribution in [0.25, 0.3) is 0 Å². The van der Waals surface area contributed by atoms with Gasteiger partial charge < -0.3 is 45.3 Å². The van der Waals surface area contributed by atoms with Crippen molar-refractivity contribution in [2.24, 2.45) is 11.8 Å². The van der Waals surface area contributed by atoms with Gasteiger partial charge in [0.2, 0.25) is 5.91 Å². The molecule has 6 N–H and O–H groups in total. The van der Waals surface area contributed by atoms with Crippen molar-refractivity contribution in [1.29, 1.82) is 0 Å². The summed E-state index contributed by atoms with van der Waals surface area (Å²) in [7, 11) is 0. The molecule has 0 saturated carbocycles. The van der Waals surface area contributed by atoms with Gasteiger partial charge in [-0.1, -0.05) is 18.2 Å². The molecule has 38 heavy (non-hydrogen) atoms. The molecular weight excluding hydrogens is 508 g/mol. The third-order valence-electron chi connectivity index (χ3n) is 5.86. The minimum atomic E-state index is -1.58. The van der Waals surface area contributed by atoms with Gasteiger partial charge in [-0.05, 0) is 25.5 Å². The van der Waals surface area contributed by atoms with Gasteiger partial charge >= 0.3 is 17.9 Å². The van der Waals surface area contributed by atoms with Crippen LogP contribution in [0.15, 0.2) is 47.5 Å². The Morgan fingerprint density at radius 3 is 2.21 bits per heavy atom. The smallest absolute Gasteiger partial charge is 0.332 e. The molecule has 0 bridgehead atoms. The maximum absolute atomic E-state index is 12.8. The first-order chi connectivity index (χ1) is 18.0. The highest BCUT2D eigenvalue weighted by molar-refractivity contribution is 5.99. The van der Waals surface area contributed by atoms with E-state index in [2.05, 4.69) is 10.6 Å². The van der Waals surface area contributed by atoms with Crippen LogP contribution in [0.3, 0.4) is 0 Å². The van der Waals surface area contributed by atoms with Gasteiger partial charge in [0, 0.05) is 0 Å². The van der Waals surface area contributed by atoms with Crippen LogP contribution in [0.1, 0.15) is 13.3 Å². The van der Waals surface area contributed by atoms with Gasteiger partial charge in [0.15, 0.2) is 12.1 Å². The molecule has 0 aromatic rings. The van der Waals surface area contributed by atoms with Gasteiger partial charge in [0.25, 0.3) is 5.91 Å². The SMILES string of the molecule is C[C@H]1COC(=O)[C@@H](NC(=O)C2=C(O)C(O)CC=C2)COC(=O)[C@@H](NC(=O)C2C=CC=C(O)C2O)COC1=O. The molecule has 1 aliphatic heterocycles. The molecule has 3 rings (SSSR count). The molecule has 0 aromatic carbocycles. The Kier molecular flexibility index (Phi) is 9.25. The number of allylic oxidation sites excluding steroid dienone is 2. The average molecular weight is 536 g/mol. The summed E-state index contributed by atoms with van der Waals surface area (Å²) in [5, 5.41) is 44.0. The number of cyclic esters (lactones) is 3. The van der Waals surface area contributed by atoms with Gasteiger partial charge in [-0.25, -0.2) is 9.59 Å². The van der Waals surface area contributed by atoms with E-state index in [0.29, 0.717) is 0 Å². The molecule has 14 heteroatoms. The standard InChI is InChI=1S/C24H28N2O12/c1-11-8-36-23(34)15(26-21(32)13-5-3-7-17(28)19(13)30)10-38-24(35)14(9-37-22(11)33)25-20(31)12-4-2-6-16(27)18(12)29/h2-6,11-12,14-15,17-18,27-30H,7-10H2,1H3,(H,25,31)(H,26,32)/t11-,12?,14-,15-,17?,18?/m0/s1. The van der Waals surface area contributed by atoms with E-state index in [1.165, 1.54) is 37.3 Å². The Morgan fingerprint density at radius 1 is 0.921 bits per heavy atom. The first-order valence-electron chi connectivity index (χ1n) is 11.6. The quantitative estimate of drug-likeness (QED) is 0.176. The van der Waals surface area contributed by atoms with Gasteiger partial charge in [0.1, 0.15) is 43.5 Å². The summed E-state index contributed by atoms with van der Waals surface area (Å²) in [6, 6.07) is -3.15. The number of nitrogens with one attached hydrogen (secondary N) is 2. The highest BCUT2D eigenvalue weighted by Crippen LogP contribution is 2.19. The highest BCUT2D eigenvalue weighted by atomic mass is 16.6. The third kappa shape index (κ3) is 6.77. The fourth-order valence-electron chi connectivity index (χ4n) is 3.57. The molecule has 3 aliphatic rings. The molecule has 2 aliphatic carbocycles. The zero-order valence-corrected chi connectivity index (χ0v) is 20.2. The molecule has 206 valence electrons. The van der Waals surface area contributed by atoms with Crippen LogP contribution in [0.2, 0.25) is 0 Å². The molecule has 14 nitrogen and oxygen atoms in total. The lowest BCUT2D eigenvalue weighted by molar-refractivity contribution is -0.164. The summed E-state index contributed by atoms with van der Waals surface area (Å²) in [5.41, 5.74) is -0.313. The van der Waals surface area contributed by atoms with Crippen molar-refractivity contribution in [3.63, 3.8) is 0 Å². The fourth-order valence-corrected chi connectivity index (χ4v) is 3.57. The van der Waals surface area contributed by atoms with E-state index in [0.717, 1.165) is 0 Å². The van der Waals surface area contributed by atoms with E-state index < -0.39 is 97.2 Å². The van der Waals surface area contributed by atoms with E-state index in [1.807, 2.05) is 0 Å². The second kappa shape index (κ2) is 12.4. The zero-order chi connectivity index (χ0) is 28.0. The number of ether oxygens (including phenoxy) is 3. The number of carbonyl (C=O) groups excluding carboxylic acids is 5. The molecule has 2 amide bonds. The molecule has 0 spiro atoms. The minimum absolute atomic E-state index is 0.0797. The number of hydrogen-bond acceptors (Lipinski definition) is 12. The average Bonchev–Trinajstić information content (AvgIpc) is 2.89. The van der Waals surface area contributed by atoms with Crippen LogP contribution in [0.5, 0.6) is 0 Å².